The second kappa shape index (κ2) is 7.10. The highest BCUT2D eigenvalue weighted by atomic mass is 14.8. The second-order valence-corrected chi connectivity index (χ2v) is 9.68. The highest BCUT2D eigenvalue weighted by Crippen LogP contribution is 2.62. The van der Waals surface area contributed by atoms with Crippen molar-refractivity contribution in [2.24, 2.45) is 0 Å². The average Bonchev–Trinajstić information content (AvgIpc) is 3.52. The highest BCUT2D eigenvalue weighted by Gasteiger charge is 2.47. The molecule has 0 aliphatic heterocycles. The van der Waals surface area contributed by atoms with Crippen molar-refractivity contribution in [2.75, 3.05) is 0 Å². The summed E-state index contributed by atoms with van der Waals surface area (Å²) in [4.78, 5) is 10.5. The Bertz CT molecular complexity index is 1640. The largest absolute Gasteiger partial charge is 0.247 e. The first-order valence-corrected chi connectivity index (χ1v) is 12.3. The average molecular weight is 447 g/mol. The van der Waals surface area contributed by atoms with Gasteiger partial charge in [0.2, 0.25) is 0 Å². The van der Waals surface area contributed by atoms with Crippen molar-refractivity contribution in [2.45, 2.75) is 18.3 Å². The Morgan fingerprint density at radius 1 is 0.429 bits per heavy atom. The minimum atomic E-state index is 0.327. The molecule has 0 radical (unpaired) electrons. The van der Waals surface area contributed by atoms with Crippen LogP contribution in [0.1, 0.15) is 40.5 Å². The van der Waals surface area contributed by atoms with Crippen molar-refractivity contribution < 1.29 is 0 Å². The van der Waals surface area contributed by atoms with Gasteiger partial charge in [0.05, 0.1) is 22.4 Å². The van der Waals surface area contributed by atoms with Gasteiger partial charge in [-0.25, -0.2) is 9.97 Å². The molecule has 8 rings (SSSR count). The van der Waals surface area contributed by atoms with Gasteiger partial charge in [0.15, 0.2) is 0 Å². The second-order valence-electron chi connectivity index (χ2n) is 9.68. The van der Waals surface area contributed by atoms with Crippen LogP contribution in [0.5, 0.6) is 0 Å². The summed E-state index contributed by atoms with van der Waals surface area (Å²) in [6.45, 7) is 0. The van der Waals surface area contributed by atoms with E-state index in [9.17, 15) is 0 Å². The molecule has 0 amide bonds. The Morgan fingerprint density at radius 2 is 0.829 bits per heavy atom. The van der Waals surface area contributed by atoms with Crippen LogP contribution in [0.2, 0.25) is 0 Å². The number of rotatable bonds is 2. The summed E-state index contributed by atoms with van der Waals surface area (Å²) in [5.74, 6) is 0.653. The summed E-state index contributed by atoms with van der Waals surface area (Å²) in [7, 11) is 0. The fourth-order valence-electron chi connectivity index (χ4n) is 6.59. The molecule has 2 nitrogen and oxygen atoms in total. The van der Waals surface area contributed by atoms with Crippen molar-refractivity contribution >= 4 is 21.8 Å². The molecule has 2 heterocycles. The lowest BCUT2D eigenvalue weighted by Crippen LogP contribution is -2.10. The number of hydrogen-bond acceptors (Lipinski definition) is 2. The standard InChI is InChI=1S/C33H22N2/c1-3-11-20(12-4-1)32-30-24-19-25(28(30)22-15-7-9-17-26(22)34-32)31-29(24)23-16-8-10-18-27(23)35-33(31)21-13-5-2-6-14-21/h1-18,24-25H,19H2/t24-,25+. The number of para-hydroxylation sites is 2. The molecule has 35 heavy (non-hydrogen) atoms. The molecule has 2 bridgehead atoms. The van der Waals surface area contributed by atoms with E-state index in [0.717, 1.165) is 28.8 Å². The summed E-state index contributed by atoms with van der Waals surface area (Å²) >= 11 is 0. The number of benzene rings is 4. The van der Waals surface area contributed by atoms with E-state index in [1.807, 2.05) is 0 Å². The van der Waals surface area contributed by atoms with Gasteiger partial charge in [-0.3, -0.25) is 0 Å². The third kappa shape index (κ3) is 2.60. The molecule has 0 saturated carbocycles. The maximum atomic E-state index is 5.25. The van der Waals surface area contributed by atoms with E-state index < -0.39 is 0 Å². The van der Waals surface area contributed by atoms with Gasteiger partial charge in [0, 0.05) is 33.7 Å². The fourth-order valence-corrected chi connectivity index (χ4v) is 6.59. The van der Waals surface area contributed by atoms with E-state index in [4.69, 9.17) is 9.97 Å². The topological polar surface area (TPSA) is 25.8 Å². The summed E-state index contributed by atoms with van der Waals surface area (Å²) in [5.41, 5.74) is 12.6. The molecular weight excluding hydrogens is 424 g/mol. The maximum Gasteiger partial charge on any atom is 0.0750 e. The molecule has 0 saturated heterocycles. The SMILES string of the molecule is c1ccc(-c2nc3ccccc3c3c2[C@@H]2C[C@@H]3c3c(-c4ccccc4)nc4ccccc4c32)cc1. The first-order valence-electron chi connectivity index (χ1n) is 12.3. The Morgan fingerprint density at radius 3 is 1.29 bits per heavy atom. The smallest absolute Gasteiger partial charge is 0.0750 e. The van der Waals surface area contributed by atoms with Crippen LogP contribution in [0.3, 0.4) is 0 Å². The minimum absolute atomic E-state index is 0.327. The Hall–Kier alpha value is -4.30. The molecule has 6 aromatic rings. The van der Waals surface area contributed by atoms with Crippen molar-refractivity contribution in [3.63, 3.8) is 0 Å². The highest BCUT2D eigenvalue weighted by molar-refractivity contribution is 5.96. The van der Waals surface area contributed by atoms with Crippen molar-refractivity contribution in [1.82, 2.24) is 9.97 Å². The maximum absolute atomic E-state index is 5.25. The lowest BCUT2D eigenvalue weighted by Gasteiger charge is -2.26. The van der Waals surface area contributed by atoms with E-state index in [2.05, 4.69) is 109 Å². The fraction of sp³-hybridized carbons (Fsp3) is 0.0909. The molecule has 0 unspecified atom stereocenters. The molecule has 2 aliphatic carbocycles. The number of nitrogens with zero attached hydrogens (tertiary/aromatic N) is 2. The molecule has 2 aromatic heterocycles. The van der Waals surface area contributed by atoms with Gasteiger partial charge in [-0.15, -0.1) is 0 Å². The van der Waals surface area contributed by atoms with E-state index in [1.165, 1.54) is 44.2 Å². The minimum Gasteiger partial charge on any atom is -0.247 e. The zero-order chi connectivity index (χ0) is 22.9. The van der Waals surface area contributed by atoms with Crippen LogP contribution in [-0.4, -0.2) is 9.97 Å². The van der Waals surface area contributed by atoms with Gasteiger partial charge in [0.1, 0.15) is 0 Å². The predicted molar refractivity (Wildman–Crippen MR) is 143 cm³/mol. The first-order chi connectivity index (χ1) is 17.4. The van der Waals surface area contributed by atoms with Crippen LogP contribution in [0, 0.1) is 0 Å². The van der Waals surface area contributed by atoms with Gasteiger partial charge in [-0.05, 0) is 40.8 Å². The van der Waals surface area contributed by atoms with Crippen LogP contribution in [0.4, 0.5) is 0 Å². The van der Waals surface area contributed by atoms with Crippen LogP contribution < -0.4 is 0 Å². The van der Waals surface area contributed by atoms with E-state index in [0.29, 0.717) is 11.8 Å². The third-order valence-corrected chi connectivity index (χ3v) is 7.90. The monoisotopic (exact) mass is 446 g/mol. The summed E-state index contributed by atoms with van der Waals surface area (Å²) in [5, 5.41) is 2.57. The molecule has 0 spiro atoms. The molecule has 2 aliphatic rings. The number of aromatic nitrogens is 2. The molecule has 0 N–H and O–H groups in total. The predicted octanol–water partition coefficient (Wildman–Crippen LogP) is 8.10. The quantitative estimate of drug-likeness (QED) is 0.268. The van der Waals surface area contributed by atoms with Crippen LogP contribution in [0.25, 0.3) is 44.3 Å². The van der Waals surface area contributed by atoms with Gasteiger partial charge in [-0.2, -0.15) is 0 Å². The Balaban J connectivity index is 1.50. The Labute approximate surface area is 203 Å². The van der Waals surface area contributed by atoms with Crippen LogP contribution >= 0.6 is 0 Å². The van der Waals surface area contributed by atoms with Gasteiger partial charge < -0.3 is 0 Å². The van der Waals surface area contributed by atoms with Crippen molar-refractivity contribution in [3.8, 4) is 22.5 Å². The molecule has 0 fully saturated rings. The molecule has 4 aromatic carbocycles. The lowest BCUT2D eigenvalue weighted by atomic mass is 9.79. The first kappa shape index (κ1) is 19.1. The van der Waals surface area contributed by atoms with Crippen LogP contribution in [0.15, 0.2) is 109 Å². The van der Waals surface area contributed by atoms with Crippen molar-refractivity contribution in [1.29, 1.82) is 0 Å². The molecule has 164 valence electrons. The number of hydrogen-bond donors (Lipinski definition) is 0. The van der Waals surface area contributed by atoms with E-state index in [-0.39, 0.29) is 0 Å². The zero-order valence-corrected chi connectivity index (χ0v) is 19.1. The molecular formula is C33H22N2. The van der Waals surface area contributed by atoms with E-state index >= 15 is 0 Å². The van der Waals surface area contributed by atoms with E-state index in [1.54, 1.807) is 0 Å². The zero-order valence-electron chi connectivity index (χ0n) is 19.1. The number of fused-ring (bicyclic) bond motifs is 12. The summed E-state index contributed by atoms with van der Waals surface area (Å²) in [6, 6.07) is 38.8. The summed E-state index contributed by atoms with van der Waals surface area (Å²) < 4.78 is 0. The normalized spacial score (nSPS) is 17.6. The van der Waals surface area contributed by atoms with Crippen molar-refractivity contribution in [3.05, 3.63) is 131 Å². The van der Waals surface area contributed by atoms with Gasteiger partial charge >= 0.3 is 0 Å². The summed E-state index contributed by atoms with van der Waals surface area (Å²) in [6.07, 6.45) is 1.09. The third-order valence-electron chi connectivity index (χ3n) is 7.90. The Kier molecular flexibility index (Phi) is 3.86. The molecule has 2 atom stereocenters. The lowest BCUT2D eigenvalue weighted by molar-refractivity contribution is 0.799. The van der Waals surface area contributed by atoms with Crippen LogP contribution in [-0.2, 0) is 0 Å². The van der Waals surface area contributed by atoms with Gasteiger partial charge in [-0.1, -0.05) is 97.1 Å². The van der Waals surface area contributed by atoms with Gasteiger partial charge in [0.25, 0.3) is 0 Å². The molecule has 2 heteroatoms. The number of pyridine rings is 2.